The van der Waals surface area contributed by atoms with Gasteiger partial charge in [-0.2, -0.15) is 0 Å². The van der Waals surface area contributed by atoms with E-state index in [0.29, 0.717) is 31.6 Å². The number of benzene rings is 1. The number of piperidine rings is 1. The first-order valence-electron chi connectivity index (χ1n) is 9.37. The maximum atomic E-state index is 12.3. The highest BCUT2D eigenvalue weighted by molar-refractivity contribution is 9.10. The fourth-order valence-electron chi connectivity index (χ4n) is 2.92. The van der Waals surface area contributed by atoms with Crippen LogP contribution in [0.5, 0.6) is 0 Å². The maximum Gasteiger partial charge on any atom is 0.410 e. The van der Waals surface area contributed by atoms with E-state index in [1.54, 1.807) is 4.90 Å². The molecule has 28 heavy (non-hydrogen) atoms. The Bertz CT molecular complexity index is 737. The van der Waals surface area contributed by atoms with Crippen molar-refractivity contribution in [2.45, 2.75) is 46.1 Å². The molecule has 3 amide bonds. The quantitative estimate of drug-likeness (QED) is 0.730. The van der Waals surface area contributed by atoms with Crippen molar-refractivity contribution < 1.29 is 19.1 Å². The average Bonchev–Trinajstić information content (AvgIpc) is 2.61. The molecule has 0 spiro atoms. The van der Waals surface area contributed by atoms with Gasteiger partial charge in [0.2, 0.25) is 11.8 Å². The largest absolute Gasteiger partial charge is 0.444 e. The van der Waals surface area contributed by atoms with Crippen LogP contribution in [-0.2, 0) is 14.3 Å². The predicted octanol–water partition coefficient (Wildman–Crippen LogP) is 3.46. The standard InChI is InChI=1S/C20H28BrN3O4/c1-13-11-15(21)5-6-16(13)23-17(25)12-22-18(26)14-7-9-24(10-8-14)19(27)28-20(2,3)4/h5-6,11,14H,7-10,12H2,1-4H3,(H,22,26)(H,23,25). The number of anilines is 1. The van der Waals surface area contributed by atoms with Crippen LogP contribution in [-0.4, -0.2) is 48.0 Å². The van der Waals surface area contributed by atoms with Crippen molar-refractivity contribution in [1.29, 1.82) is 0 Å². The number of halogens is 1. The van der Waals surface area contributed by atoms with Crippen LogP contribution in [0.25, 0.3) is 0 Å². The zero-order valence-electron chi connectivity index (χ0n) is 16.8. The molecule has 1 aliphatic heterocycles. The molecule has 1 aromatic rings. The first-order chi connectivity index (χ1) is 13.0. The third-order valence-electron chi connectivity index (χ3n) is 4.40. The molecule has 1 aromatic carbocycles. The van der Waals surface area contributed by atoms with E-state index in [4.69, 9.17) is 4.74 Å². The molecule has 1 heterocycles. The highest BCUT2D eigenvalue weighted by Crippen LogP contribution is 2.21. The molecule has 0 bridgehead atoms. The summed E-state index contributed by atoms with van der Waals surface area (Å²) < 4.78 is 6.29. The number of hydrogen-bond acceptors (Lipinski definition) is 4. The number of likely N-dealkylation sites (tertiary alicyclic amines) is 1. The molecular formula is C20H28BrN3O4. The minimum atomic E-state index is -0.536. The Hall–Kier alpha value is -2.09. The molecule has 0 saturated carbocycles. The Morgan fingerprint density at radius 1 is 1.21 bits per heavy atom. The monoisotopic (exact) mass is 453 g/mol. The molecule has 8 heteroatoms. The Morgan fingerprint density at radius 3 is 2.43 bits per heavy atom. The second kappa shape index (κ2) is 9.41. The Labute approximate surface area is 174 Å². The molecule has 0 unspecified atom stereocenters. The minimum Gasteiger partial charge on any atom is -0.444 e. The molecule has 1 saturated heterocycles. The van der Waals surface area contributed by atoms with E-state index in [1.807, 2.05) is 45.9 Å². The number of ether oxygens (including phenoxy) is 1. The van der Waals surface area contributed by atoms with E-state index in [1.165, 1.54) is 0 Å². The summed E-state index contributed by atoms with van der Waals surface area (Å²) in [4.78, 5) is 38.1. The number of nitrogens with one attached hydrogen (secondary N) is 2. The van der Waals surface area contributed by atoms with Gasteiger partial charge in [0.25, 0.3) is 0 Å². The van der Waals surface area contributed by atoms with Gasteiger partial charge < -0.3 is 20.3 Å². The Morgan fingerprint density at radius 2 is 1.86 bits per heavy atom. The number of aryl methyl sites for hydroxylation is 1. The number of carbonyl (C=O) groups excluding carboxylic acids is 3. The van der Waals surface area contributed by atoms with E-state index in [-0.39, 0.29) is 30.4 Å². The molecule has 2 N–H and O–H groups in total. The molecule has 0 atom stereocenters. The van der Waals surface area contributed by atoms with Gasteiger partial charge in [-0.25, -0.2) is 4.79 Å². The van der Waals surface area contributed by atoms with E-state index in [2.05, 4.69) is 26.6 Å². The molecule has 0 aromatic heterocycles. The van der Waals surface area contributed by atoms with Gasteiger partial charge in [0.05, 0.1) is 6.54 Å². The van der Waals surface area contributed by atoms with Gasteiger partial charge in [-0.1, -0.05) is 15.9 Å². The van der Waals surface area contributed by atoms with Gasteiger partial charge in [-0.15, -0.1) is 0 Å². The Balaban J connectivity index is 1.75. The van der Waals surface area contributed by atoms with E-state index in [9.17, 15) is 14.4 Å². The van der Waals surface area contributed by atoms with Crippen molar-refractivity contribution in [1.82, 2.24) is 10.2 Å². The van der Waals surface area contributed by atoms with Crippen LogP contribution in [0.1, 0.15) is 39.2 Å². The number of hydrogen-bond donors (Lipinski definition) is 2. The van der Waals surface area contributed by atoms with Crippen molar-refractivity contribution >= 4 is 39.5 Å². The molecule has 0 radical (unpaired) electrons. The summed E-state index contributed by atoms with van der Waals surface area (Å²) in [5.74, 6) is -0.641. The minimum absolute atomic E-state index is 0.0827. The lowest BCUT2D eigenvalue weighted by atomic mass is 9.96. The van der Waals surface area contributed by atoms with Gasteiger partial charge in [0, 0.05) is 29.2 Å². The van der Waals surface area contributed by atoms with Crippen molar-refractivity contribution in [3.8, 4) is 0 Å². The summed E-state index contributed by atoms with van der Waals surface area (Å²) >= 11 is 3.38. The van der Waals surface area contributed by atoms with Crippen molar-refractivity contribution in [2.24, 2.45) is 5.92 Å². The SMILES string of the molecule is Cc1cc(Br)ccc1NC(=O)CNC(=O)C1CCN(C(=O)OC(C)(C)C)CC1. The van der Waals surface area contributed by atoms with Crippen LogP contribution in [0.3, 0.4) is 0 Å². The predicted molar refractivity (Wildman–Crippen MR) is 111 cm³/mol. The van der Waals surface area contributed by atoms with Crippen molar-refractivity contribution in [3.05, 3.63) is 28.2 Å². The van der Waals surface area contributed by atoms with Crippen LogP contribution in [0.2, 0.25) is 0 Å². The summed E-state index contributed by atoms with van der Waals surface area (Å²) in [7, 11) is 0. The zero-order valence-corrected chi connectivity index (χ0v) is 18.4. The van der Waals surface area contributed by atoms with Crippen LogP contribution in [0.15, 0.2) is 22.7 Å². The lowest BCUT2D eigenvalue weighted by Gasteiger charge is -2.32. The molecule has 0 aliphatic carbocycles. The lowest BCUT2D eigenvalue weighted by Crippen LogP contribution is -2.45. The van der Waals surface area contributed by atoms with Crippen LogP contribution >= 0.6 is 15.9 Å². The molecule has 7 nitrogen and oxygen atoms in total. The van der Waals surface area contributed by atoms with E-state index < -0.39 is 5.60 Å². The maximum absolute atomic E-state index is 12.3. The lowest BCUT2D eigenvalue weighted by molar-refractivity contribution is -0.128. The zero-order chi connectivity index (χ0) is 20.9. The molecule has 2 rings (SSSR count). The fourth-order valence-corrected chi connectivity index (χ4v) is 3.40. The van der Waals surface area contributed by atoms with Crippen LogP contribution < -0.4 is 10.6 Å². The number of carbonyl (C=O) groups is 3. The van der Waals surface area contributed by atoms with Gasteiger partial charge in [0.15, 0.2) is 0 Å². The summed E-state index contributed by atoms with van der Waals surface area (Å²) in [5.41, 5.74) is 1.11. The fraction of sp³-hybridized carbons (Fsp3) is 0.550. The summed E-state index contributed by atoms with van der Waals surface area (Å²) in [6.45, 7) is 8.23. The molecule has 154 valence electrons. The summed E-state index contributed by atoms with van der Waals surface area (Å²) in [5, 5.41) is 5.49. The van der Waals surface area contributed by atoms with Gasteiger partial charge in [-0.05, 0) is 64.3 Å². The second-order valence-corrected chi connectivity index (χ2v) is 8.88. The average molecular weight is 454 g/mol. The summed E-state index contributed by atoms with van der Waals surface area (Å²) in [6, 6.07) is 5.57. The number of amides is 3. The number of nitrogens with zero attached hydrogens (tertiary/aromatic N) is 1. The highest BCUT2D eigenvalue weighted by Gasteiger charge is 2.29. The van der Waals surface area contributed by atoms with Crippen molar-refractivity contribution in [3.63, 3.8) is 0 Å². The van der Waals surface area contributed by atoms with Crippen molar-refractivity contribution in [2.75, 3.05) is 25.0 Å². The van der Waals surface area contributed by atoms with Crippen LogP contribution in [0, 0.1) is 12.8 Å². The third kappa shape index (κ3) is 6.82. The molecular weight excluding hydrogens is 426 g/mol. The van der Waals surface area contributed by atoms with Crippen LogP contribution in [0.4, 0.5) is 10.5 Å². The third-order valence-corrected chi connectivity index (χ3v) is 4.90. The normalized spacial score (nSPS) is 15.1. The first kappa shape index (κ1) is 22.2. The second-order valence-electron chi connectivity index (χ2n) is 7.97. The van der Waals surface area contributed by atoms with Gasteiger partial charge in [0.1, 0.15) is 5.60 Å². The van der Waals surface area contributed by atoms with Gasteiger partial charge >= 0.3 is 6.09 Å². The first-order valence-corrected chi connectivity index (χ1v) is 10.2. The number of rotatable bonds is 4. The Kier molecular flexibility index (Phi) is 7.46. The van der Waals surface area contributed by atoms with E-state index >= 15 is 0 Å². The molecule has 1 aliphatic rings. The topological polar surface area (TPSA) is 87.7 Å². The van der Waals surface area contributed by atoms with E-state index in [0.717, 1.165) is 10.0 Å². The summed E-state index contributed by atoms with van der Waals surface area (Å²) in [6.07, 6.45) is 0.757. The highest BCUT2D eigenvalue weighted by atomic mass is 79.9. The smallest absolute Gasteiger partial charge is 0.410 e. The molecule has 1 fully saturated rings. The van der Waals surface area contributed by atoms with Gasteiger partial charge in [-0.3, -0.25) is 9.59 Å².